The number of aliphatic carboxylic acids is 1. The molecule has 0 fully saturated rings. The van der Waals surface area contributed by atoms with Crippen LogP contribution in [0.1, 0.15) is 24.5 Å². The van der Waals surface area contributed by atoms with Crippen molar-refractivity contribution >= 4 is 21.7 Å². The predicted molar refractivity (Wildman–Crippen MR) is 74.6 cm³/mol. The van der Waals surface area contributed by atoms with E-state index < -0.39 is 27.0 Å². The van der Waals surface area contributed by atoms with Gasteiger partial charge in [-0.25, -0.2) is 8.42 Å². The van der Waals surface area contributed by atoms with Gasteiger partial charge in [0.2, 0.25) is 10.0 Å². The van der Waals surface area contributed by atoms with E-state index in [1.54, 1.807) is 6.92 Å². The van der Waals surface area contributed by atoms with Crippen LogP contribution >= 0.6 is 0 Å². The molecule has 0 saturated heterocycles. The topological polar surface area (TPSA) is 127 Å². The van der Waals surface area contributed by atoms with E-state index in [0.29, 0.717) is 11.1 Å². The average Bonchev–Trinajstić information content (AvgIpc) is 2.38. The molecule has 0 aliphatic heterocycles. The van der Waals surface area contributed by atoms with Crippen molar-refractivity contribution in [1.82, 2.24) is 4.72 Å². The van der Waals surface area contributed by atoms with Gasteiger partial charge in [0.25, 0.3) is 5.69 Å². The number of carboxylic acids is 1. The van der Waals surface area contributed by atoms with Gasteiger partial charge in [-0.2, -0.15) is 4.72 Å². The van der Waals surface area contributed by atoms with E-state index in [1.165, 1.54) is 19.9 Å². The first-order valence-electron chi connectivity index (χ1n) is 6.11. The lowest BCUT2D eigenvalue weighted by Crippen LogP contribution is -2.40. The van der Waals surface area contributed by atoms with Crippen molar-refractivity contribution in [3.63, 3.8) is 0 Å². The summed E-state index contributed by atoms with van der Waals surface area (Å²) in [5.74, 6) is -1.31. The molecule has 0 aliphatic rings. The number of carboxylic acid groups (broad SMARTS) is 1. The van der Waals surface area contributed by atoms with Gasteiger partial charge in [0.1, 0.15) is 6.04 Å². The summed E-state index contributed by atoms with van der Waals surface area (Å²) in [5.41, 5.74) is 0.482. The molecule has 0 heterocycles. The third-order valence-electron chi connectivity index (χ3n) is 3.12. The molecule has 1 unspecified atom stereocenters. The van der Waals surface area contributed by atoms with Crippen molar-refractivity contribution in [2.75, 3.05) is 0 Å². The van der Waals surface area contributed by atoms with Crippen molar-refractivity contribution in [2.45, 2.75) is 38.1 Å². The highest BCUT2D eigenvalue weighted by Gasteiger charge is 2.26. The van der Waals surface area contributed by atoms with Gasteiger partial charge in [-0.05, 0) is 31.9 Å². The molecule has 8 nitrogen and oxygen atoms in total. The molecule has 1 rings (SSSR count). The van der Waals surface area contributed by atoms with E-state index >= 15 is 0 Å². The van der Waals surface area contributed by atoms with E-state index in [2.05, 4.69) is 0 Å². The van der Waals surface area contributed by atoms with Gasteiger partial charge in [-0.1, -0.05) is 6.92 Å². The molecule has 0 aromatic heterocycles. The van der Waals surface area contributed by atoms with E-state index in [1.807, 2.05) is 4.72 Å². The smallest absolute Gasteiger partial charge is 0.321 e. The van der Waals surface area contributed by atoms with E-state index in [9.17, 15) is 23.3 Å². The minimum absolute atomic E-state index is 0.0570. The molecule has 2 N–H and O–H groups in total. The number of nitrogens with one attached hydrogen (secondary N) is 1. The molecule has 9 heteroatoms. The summed E-state index contributed by atoms with van der Waals surface area (Å²) >= 11 is 0. The van der Waals surface area contributed by atoms with Crippen LogP contribution in [0.4, 0.5) is 5.69 Å². The Labute approximate surface area is 122 Å². The maximum atomic E-state index is 12.1. The molecule has 1 atom stereocenters. The summed E-state index contributed by atoms with van der Waals surface area (Å²) in [4.78, 5) is 20.8. The fraction of sp³-hybridized carbons (Fsp3) is 0.417. The van der Waals surface area contributed by atoms with Gasteiger partial charge >= 0.3 is 5.97 Å². The maximum Gasteiger partial charge on any atom is 0.321 e. The van der Waals surface area contributed by atoms with Crippen molar-refractivity contribution in [3.8, 4) is 0 Å². The lowest BCUT2D eigenvalue weighted by atomic mass is 10.1. The lowest BCUT2D eigenvalue weighted by molar-refractivity contribution is -0.385. The summed E-state index contributed by atoms with van der Waals surface area (Å²) < 4.78 is 26.3. The number of hydrogen-bond donors (Lipinski definition) is 2. The number of hydrogen-bond acceptors (Lipinski definition) is 5. The third kappa shape index (κ3) is 3.76. The second kappa shape index (κ2) is 6.19. The number of sulfonamides is 1. The second-order valence-corrected chi connectivity index (χ2v) is 6.28. The average molecular weight is 316 g/mol. The van der Waals surface area contributed by atoms with Crippen LogP contribution in [0.5, 0.6) is 0 Å². The van der Waals surface area contributed by atoms with Crippen LogP contribution in [0, 0.1) is 24.0 Å². The van der Waals surface area contributed by atoms with Gasteiger partial charge in [0, 0.05) is 11.6 Å². The van der Waals surface area contributed by atoms with E-state index in [-0.39, 0.29) is 17.0 Å². The molecule has 1 aromatic carbocycles. The molecule has 0 bridgehead atoms. The molecule has 116 valence electrons. The molecule has 0 radical (unpaired) electrons. The predicted octanol–water partition coefficient (Wildman–Crippen LogP) is 1.35. The van der Waals surface area contributed by atoms with Gasteiger partial charge in [-0.15, -0.1) is 0 Å². The van der Waals surface area contributed by atoms with Crippen molar-refractivity contribution < 1.29 is 23.2 Å². The molecule has 0 amide bonds. The number of nitro benzene ring substituents is 1. The first-order valence-corrected chi connectivity index (χ1v) is 7.59. The molecule has 1 aromatic rings. The summed E-state index contributed by atoms with van der Waals surface area (Å²) in [6.07, 6.45) is 0.0570. The maximum absolute atomic E-state index is 12.1. The van der Waals surface area contributed by atoms with Gasteiger partial charge in [-0.3, -0.25) is 14.9 Å². The quantitative estimate of drug-likeness (QED) is 0.602. The van der Waals surface area contributed by atoms with E-state index in [4.69, 9.17) is 5.11 Å². The normalized spacial score (nSPS) is 12.9. The molecular formula is C12H16N2O6S. The Bertz CT molecular complexity index is 683. The Balaban J connectivity index is 3.32. The minimum atomic E-state index is -4.15. The van der Waals surface area contributed by atoms with Crippen LogP contribution < -0.4 is 4.72 Å². The summed E-state index contributed by atoms with van der Waals surface area (Å²) in [5, 5.41) is 19.8. The molecule has 0 aliphatic carbocycles. The van der Waals surface area contributed by atoms with Crippen molar-refractivity contribution in [2.24, 2.45) is 0 Å². The fourth-order valence-corrected chi connectivity index (χ4v) is 3.09. The minimum Gasteiger partial charge on any atom is -0.480 e. The number of carbonyl (C=O) groups is 1. The molecule has 0 saturated carbocycles. The van der Waals surface area contributed by atoms with Crippen LogP contribution in [-0.4, -0.2) is 30.5 Å². The Morgan fingerprint density at radius 1 is 1.43 bits per heavy atom. The highest BCUT2D eigenvalue weighted by atomic mass is 32.2. The first-order chi connectivity index (χ1) is 9.60. The number of rotatable bonds is 6. The van der Waals surface area contributed by atoms with Crippen molar-refractivity contribution in [1.29, 1.82) is 0 Å². The van der Waals surface area contributed by atoms with Crippen LogP contribution in [-0.2, 0) is 14.8 Å². The second-order valence-electron chi connectivity index (χ2n) is 4.56. The zero-order valence-corrected chi connectivity index (χ0v) is 12.6. The Morgan fingerprint density at radius 3 is 2.43 bits per heavy atom. The standard InChI is InChI=1S/C12H16N2O6S/c1-4-10(12(15)16)13-21(19,20)9-5-7(2)8(3)11(6-9)14(17)18/h5-6,10,13H,4H2,1-3H3,(H,15,16). The van der Waals surface area contributed by atoms with Crippen LogP contribution in [0.3, 0.4) is 0 Å². The number of aryl methyl sites for hydroxylation is 1. The van der Waals surface area contributed by atoms with Crippen LogP contribution in [0.15, 0.2) is 17.0 Å². The summed E-state index contributed by atoms with van der Waals surface area (Å²) in [6, 6.07) is 0.925. The Kier molecular flexibility index (Phi) is 5.02. The highest BCUT2D eigenvalue weighted by Crippen LogP contribution is 2.25. The van der Waals surface area contributed by atoms with Gasteiger partial charge < -0.3 is 5.11 Å². The van der Waals surface area contributed by atoms with Crippen molar-refractivity contribution in [3.05, 3.63) is 33.4 Å². The fourth-order valence-electron chi connectivity index (χ4n) is 1.72. The monoisotopic (exact) mass is 316 g/mol. The summed E-state index contributed by atoms with van der Waals surface area (Å²) in [7, 11) is -4.15. The lowest BCUT2D eigenvalue weighted by Gasteiger charge is -2.13. The molecule has 0 spiro atoms. The zero-order valence-electron chi connectivity index (χ0n) is 11.8. The number of nitro groups is 1. The largest absolute Gasteiger partial charge is 0.480 e. The number of nitrogens with zero attached hydrogens (tertiary/aromatic N) is 1. The Morgan fingerprint density at radius 2 is 2.00 bits per heavy atom. The van der Waals surface area contributed by atoms with Crippen LogP contribution in [0.25, 0.3) is 0 Å². The Hall–Kier alpha value is -2.00. The SMILES string of the molecule is CCC(NS(=O)(=O)c1cc(C)c(C)c([N+](=O)[O-])c1)C(=O)O. The van der Waals surface area contributed by atoms with E-state index in [0.717, 1.165) is 6.07 Å². The first kappa shape index (κ1) is 17.1. The third-order valence-corrected chi connectivity index (χ3v) is 4.58. The zero-order chi connectivity index (χ0) is 16.4. The van der Waals surface area contributed by atoms with Gasteiger partial charge in [0.15, 0.2) is 0 Å². The molecule has 21 heavy (non-hydrogen) atoms. The van der Waals surface area contributed by atoms with Gasteiger partial charge in [0.05, 0.1) is 9.82 Å². The highest BCUT2D eigenvalue weighted by molar-refractivity contribution is 7.89. The van der Waals surface area contributed by atoms with Crippen LogP contribution in [0.2, 0.25) is 0 Å². The molecular weight excluding hydrogens is 300 g/mol. The number of benzene rings is 1. The summed E-state index contributed by atoms with van der Waals surface area (Å²) in [6.45, 7) is 4.59.